The van der Waals surface area contributed by atoms with Crippen LogP contribution >= 0.6 is 0 Å². The molecule has 0 radical (unpaired) electrons. The highest BCUT2D eigenvalue weighted by Crippen LogP contribution is 2.38. The molecule has 34 heavy (non-hydrogen) atoms. The van der Waals surface area contributed by atoms with Crippen LogP contribution in [0.15, 0.2) is 0 Å². The SMILES string of the molecule is Nc1nc(N)nc(C2CCC(c3nc(NCCOCCO)nc(NCCOCCO)n3)CC2)n1. The summed E-state index contributed by atoms with van der Waals surface area (Å²) in [6.45, 7) is 2.36. The van der Waals surface area contributed by atoms with Crippen LogP contribution < -0.4 is 22.1 Å². The van der Waals surface area contributed by atoms with Gasteiger partial charge < -0.3 is 41.8 Å². The van der Waals surface area contributed by atoms with Gasteiger partial charge in [-0.05, 0) is 25.7 Å². The number of nitrogens with two attached hydrogens (primary N) is 2. The van der Waals surface area contributed by atoms with E-state index in [1.807, 2.05) is 0 Å². The van der Waals surface area contributed by atoms with Gasteiger partial charge in [0, 0.05) is 24.9 Å². The summed E-state index contributed by atoms with van der Waals surface area (Å²) in [4.78, 5) is 26.1. The van der Waals surface area contributed by atoms with Gasteiger partial charge in [0.25, 0.3) is 0 Å². The molecule has 2 aromatic heterocycles. The zero-order valence-electron chi connectivity index (χ0n) is 19.2. The fourth-order valence-corrected chi connectivity index (χ4v) is 3.76. The van der Waals surface area contributed by atoms with Crippen molar-refractivity contribution >= 4 is 23.8 Å². The van der Waals surface area contributed by atoms with Gasteiger partial charge in [-0.25, -0.2) is 0 Å². The second-order valence-corrected chi connectivity index (χ2v) is 7.82. The molecule has 14 nitrogen and oxygen atoms in total. The molecule has 0 aliphatic heterocycles. The average molecular weight is 479 g/mol. The Morgan fingerprint density at radius 2 is 1.09 bits per heavy atom. The molecule has 1 aliphatic carbocycles. The molecule has 0 saturated heterocycles. The maximum Gasteiger partial charge on any atom is 0.227 e. The van der Waals surface area contributed by atoms with E-state index in [-0.39, 0.29) is 50.2 Å². The lowest BCUT2D eigenvalue weighted by atomic mass is 9.81. The normalized spacial score (nSPS) is 18.1. The molecule has 0 bridgehead atoms. The zero-order valence-corrected chi connectivity index (χ0v) is 19.2. The third kappa shape index (κ3) is 8.13. The van der Waals surface area contributed by atoms with Crippen LogP contribution in [0.1, 0.15) is 49.2 Å². The molecule has 3 rings (SSSR count). The molecule has 2 aromatic rings. The van der Waals surface area contributed by atoms with Crippen molar-refractivity contribution in [1.82, 2.24) is 29.9 Å². The van der Waals surface area contributed by atoms with Crippen molar-refractivity contribution in [1.29, 1.82) is 0 Å². The van der Waals surface area contributed by atoms with Crippen LogP contribution in [0, 0.1) is 0 Å². The summed E-state index contributed by atoms with van der Waals surface area (Å²) in [5.41, 5.74) is 11.5. The van der Waals surface area contributed by atoms with Crippen molar-refractivity contribution in [2.45, 2.75) is 37.5 Å². The van der Waals surface area contributed by atoms with Gasteiger partial charge in [0.05, 0.1) is 39.6 Å². The van der Waals surface area contributed by atoms with Crippen LogP contribution in [0.2, 0.25) is 0 Å². The Labute approximate surface area is 198 Å². The molecule has 0 atom stereocenters. The number of nitrogen functional groups attached to an aromatic ring is 2. The quantitative estimate of drug-likeness (QED) is 0.189. The van der Waals surface area contributed by atoms with Gasteiger partial charge in [-0.2, -0.15) is 29.9 Å². The Balaban J connectivity index is 1.63. The van der Waals surface area contributed by atoms with Crippen molar-refractivity contribution in [3.8, 4) is 0 Å². The fourth-order valence-electron chi connectivity index (χ4n) is 3.76. The second kappa shape index (κ2) is 13.7. The minimum atomic E-state index is -0.0191. The standard InChI is InChI=1S/C20H34N10O4/c21-17-25-15(26-18(22)29-17)13-1-3-14(4-2-13)16-27-19(23-5-9-33-11-7-31)30-20(28-16)24-6-10-34-12-8-32/h13-14,31-32H,1-12H2,(H4,21,22,25,26,29)(H2,23,24,27,28,30). The second-order valence-electron chi connectivity index (χ2n) is 7.82. The highest BCUT2D eigenvalue weighted by atomic mass is 16.5. The van der Waals surface area contributed by atoms with Crippen molar-refractivity contribution < 1.29 is 19.7 Å². The van der Waals surface area contributed by atoms with Gasteiger partial charge in [0.1, 0.15) is 11.6 Å². The average Bonchev–Trinajstić information content (AvgIpc) is 2.83. The topological polar surface area (TPSA) is 212 Å². The van der Waals surface area contributed by atoms with Crippen molar-refractivity contribution in [3.05, 3.63) is 11.6 Å². The smallest absolute Gasteiger partial charge is 0.227 e. The van der Waals surface area contributed by atoms with Crippen molar-refractivity contribution in [3.63, 3.8) is 0 Å². The first-order chi connectivity index (χ1) is 16.6. The van der Waals surface area contributed by atoms with E-state index in [9.17, 15) is 0 Å². The van der Waals surface area contributed by atoms with E-state index >= 15 is 0 Å². The summed E-state index contributed by atoms with van der Waals surface area (Å²) in [5, 5.41) is 23.9. The predicted octanol–water partition coefficient (Wildman–Crippen LogP) is -0.496. The summed E-state index contributed by atoms with van der Waals surface area (Å²) in [6, 6.07) is 0. The summed E-state index contributed by atoms with van der Waals surface area (Å²) < 4.78 is 10.6. The van der Waals surface area contributed by atoms with Crippen LogP contribution in [-0.2, 0) is 9.47 Å². The van der Waals surface area contributed by atoms with Gasteiger partial charge >= 0.3 is 0 Å². The van der Waals surface area contributed by atoms with Crippen molar-refractivity contribution in [2.24, 2.45) is 0 Å². The molecule has 0 spiro atoms. The fraction of sp³-hybridized carbons (Fsp3) is 0.700. The highest BCUT2D eigenvalue weighted by Gasteiger charge is 2.28. The summed E-state index contributed by atoms with van der Waals surface area (Å²) in [7, 11) is 0. The molecular formula is C20H34N10O4. The number of aromatic nitrogens is 6. The van der Waals surface area contributed by atoms with Crippen LogP contribution in [0.25, 0.3) is 0 Å². The Kier molecular flexibility index (Phi) is 10.3. The minimum Gasteiger partial charge on any atom is -0.394 e. The molecule has 188 valence electrons. The van der Waals surface area contributed by atoms with Crippen LogP contribution in [0.5, 0.6) is 0 Å². The minimum absolute atomic E-state index is 0.0191. The number of aliphatic hydroxyl groups excluding tert-OH is 2. The maximum absolute atomic E-state index is 8.82. The molecule has 0 aromatic carbocycles. The zero-order chi connectivity index (χ0) is 24.2. The van der Waals surface area contributed by atoms with Gasteiger partial charge in [-0.1, -0.05) is 0 Å². The molecule has 0 amide bonds. The van der Waals surface area contributed by atoms with E-state index in [0.29, 0.717) is 49.8 Å². The van der Waals surface area contributed by atoms with E-state index in [2.05, 4.69) is 40.5 Å². The molecule has 14 heteroatoms. The first kappa shape index (κ1) is 25.7. The van der Waals surface area contributed by atoms with Crippen LogP contribution in [0.3, 0.4) is 0 Å². The van der Waals surface area contributed by atoms with Gasteiger partial charge in [0.2, 0.25) is 23.8 Å². The lowest BCUT2D eigenvalue weighted by Crippen LogP contribution is -2.21. The van der Waals surface area contributed by atoms with Gasteiger partial charge in [-0.3, -0.25) is 0 Å². The lowest BCUT2D eigenvalue weighted by molar-refractivity contribution is 0.0990. The number of rotatable bonds is 14. The molecular weight excluding hydrogens is 444 g/mol. The first-order valence-electron chi connectivity index (χ1n) is 11.5. The number of nitrogens with zero attached hydrogens (tertiary/aromatic N) is 6. The lowest BCUT2D eigenvalue weighted by Gasteiger charge is -2.27. The summed E-state index contributed by atoms with van der Waals surface area (Å²) >= 11 is 0. The summed E-state index contributed by atoms with van der Waals surface area (Å²) in [6.07, 6.45) is 3.43. The molecule has 2 heterocycles. The Morgan fingerprint density at radius 1 is 0.647 bits per heavy atom. The number of aliphatic hydroxyl groups is 2. The van der Waals surface area contributed by atoms with Crippen LogP contribution in [-0.4, -0.2) is 92.8 Å². The Hall–Kier alpha value is -2.94. The van der Waals surface area contributed by atoms with Crippen LogP contribution in [0.4, 0.5) is 23.8 Å². The predicted molar refractivity (Wildman–Crippen MR) is 125 cm³/mol. The highest BCUT2D eigenvalue weighted by molar-refractivity contribution is 5.35. The number of hydrogen-bond acceptors (Lipinski definition) is 14. The van der Waals surface area contributed by atoms with E-state index in [0.717, 1.165) is 25.7 Å². The molecule has 1 fully saturated rings. The third-order valence-corrected chi connectivity index (χ3v) is 5.33. The molecule has 1 saturated carbocycles. The van der Waals surface area contributed by atoms with E-state index in [1.54, 1.807) is 0 Å². The largest absolute Gasteiger partial charge is 0.394 e. The van der Waals surface area contributed by atoms with E-state index in [1.165, 1.54) is 0 Å². The van der Waals surface area contributed by atoms with Gasteiger partial charge in [0.15, 0.2) is 0 Å². The Morgan fingerprint density at radius 3 is 1.53 bits per heavy atom. The summed E-state index contributed by atoms with van der Waals surface area (Å²) in [5.74, 6) is 2.85. The number of hydrogen-bond donors (Lipinski definition) is 6. The number of anilines is 4. The van der Waals surface area contributed by atoms with E-state index in [4.69, 9.17) is 31.2 Å². The monoisotopic (exact) mass is 478 g/mol. The molecule has 8 N–H and O–H groups in total. The maximum atomic E-state index is 8.82. The number of ether oxygens (including phenoxy) is 2. The van der Waals surface area contributed by atoms with Crippen molar-refractivity contribution in [2.75, 3.05) is 74.8 Å². The molecule has 1 aliphatic rings. The van der Waals surface area contributed by atoms with E-state index < -0.39 is 0 Å². The Bertz CT molecular complexity index is 830. The first-order valence-corrected chi connectivity index (χ1v) is 11.5. The van der Waals surface area contributed by atoms with Gasteiger partial charge in [-0.15, -0.1) is 0 Å². The number of nitrogens with one attached hydrogen (secondary N) is 2. The third-order valence-electron chi connectivity index (χ3n) is 5.33. The molecule has 0 unspecified atom stereocenters.